The minimum Gasteiger partial charge on any atom is -0.477 e. The van der Waals surface area contributed by atoms with Gasteiger partial charge in [-0.1, -0.05) is 6.07 Å². The summed E-state index contributed by atoms with van der Waals surface area (Å²) in [6.45, 7) is 2.52. The molecule has 9 heteroatoms. The number of thiol groups is 1. The van der Waals surface area contributed by atoms with Gasteiger partial charge >= 0.3 is 6.03 Å². The second-order valence-electron chi connectivity index (χ2n) is 8.22. The molecule has 1 atom stereocenters. The van der Waals surface area contributed by atoms with E-state index in [1.54, 1.807) is 4.68 Å². The number of hydrogen-bond donors (Lipinski definition) is 4. The first-order valence-corrected chi connectivity index (χ1v) is 12.1. The van der Waals surface area contributed by atoms with Crippen LogP contribution in [0.25, 0.3) is 0 Å². The maximum atomic E-state index is 13.2. The maximum absolute atomic E-state index is 13.2. The van der Waals surface area contributed by atoms with Crippen LogP contribution in [-0.2, 0) is 36.0 Å². The summed E-state index contributed by atoms with van der Waals surface area (Å²) >= 11 is 0. The summed E-state index contributed by atoms with van der Waals surface area (Å²) in [6.07, 6.45) is 8.47. The van der Waals surface area contributed by atoms with Crippen molar-refractivity contribution < 1.29 is 13.7 Å². The summed E-state index contributed by atoms with van der Waals surface area (Å²) in [5, 5.41) is 13.3. The number of fused-ring (bicyclic) bond motifs is 3. The van der Waals surface area contributed by atoms with Gasteiger partial charge in [0.2, 0.25) is 5.88 Å². The average Bonchev–Trinajstić information content (AvgIpc) is 3.40. The molecular weight excluding hydrogens is 390 g/mol. The van der Waals surface area contributed by atoms with Crippen molar-refractivity contribution in [3.05, 3.63) is 34.5 Å². The van der Waals surface area contributed by atoms with Crippen LogP contribution in [0.4, 0.5) is 10.5 Å². The Kier molecular flexibility index (Phi) is 4.40. The number of nitrogens with zero attached hydrogens (tertiary/aromatic N) is 2. The van der Waals surface area contributed by atoms with Gasteiger partial charge < -0.3 is 10.1 Å². The normalized spacial score (nSPS) is 20.4. The van der Waals surface area contributed by atoms with Gasteiger partial charge in [0.1, 0.15) is 4.90 Å². The molecule has 5 rings (SSSR count). The minimum atomic E-state index is -3.69. The van der Waals surface area contributed by atoms with Gasteiger partial charge in [0.15, 0.2) is 0 Å². The fourth-order valence-corrected chi connectivity index (χ4v) is 5.94. The molecule has 0 fully saturated rings. The average molecular weight is 418 g/mol. The lowest BCUT2D eigenvalue weighted by atomic mass is 9.99. The number of benzene rings is 1. The number of nitrogens with one attached hydrogen (secondary N) is 2. The third-order valence-corrected chi connectivity index (χ3v) is 7.82. The number of anilines is 1. The molecular formula is C20H27N5O3S. The molecule has 8 nitrogen and oxygen atoms in total. The first kappa shape index (κ1) is 18.6. The van der Waals surface area contributed by atoms with Crippen molar-refractivity contribution in [2.24, 2.45) is 5.14 Å². The number of nitrogens with two attached hydrogens (primary N) is 1. The molecule has 0 radical (unpaired) electrons. The standard InChI is InChI=1S/C20H27N5O3S/c1-12-8-9-28-19-17(11-22-25(12)19)29(21,27)24-20(26)23-18-15-6-2-4-13(15)10-14-5-3-7-16(14)18/h10-12,29H,2-9H2,1H3,(H4,21,23,24,26,27)/t12-/m0/s1. The molecule has 29 heavy (non-hydrogen) atoms. The van der Waals surface area contributed by atoms with Crippen LogP contribution < -0.4 is 19.9 Å². The summed E-state index contributed by atoms with van der Waals surface area (Å²) in [4.78, 5) is 13.1. The molecule has 156 valence electrons. The molecule has 0 spiro atoms. The Labute approximate surface area is 170 Å². The van der Waals surface area contributed by atoms with Crippen molar-refractivity contribution in [3.8, 4) is 5.88 Å². The molecule has 1 aromatic heterocycles. The van der Waals surface area contributed by atoms with Crippen LogP contribution in [0.2, 0.25) is 0 Å². The highest BCUT2D eigenvalue weighted by Crippen LogP contribution is 2.38. The molecule has 4 N–H and O–H groups in total. The zero-order valence-corrected chi connectivity index (χ0v) is 17.4. The zero-order chi connectivity index (χ0) is 20.2. The van der Waals surface area contributed by atoms with Crippen molar-refractivity contribution in [3.63, 3.8) is 0 Å². The Hall–Kier alpha value is -2.39. The van der Waals surface area contributed by atoms with Gasteiger partial charge in [-0.25, -0.2) is 13.7 Å². The monoisotopic (exact) mass is 417 g/mol. The molecule has 2 aliphatic carbocycles. The number of amides is 2. The number of carbonyl (C=O) groups is 1. The number of ether oxygens (including phenoxy) is 1. The van der Waals surface area contributed by atoms with Crippen LogP contribution in [-0.4, -0.2) is 26.6 Å². The third kappa shape index (κ3) is 3.12. The lowest BCUT2D eigenvalue weighted by molar-refractivity contribution is 0.196. The summed E-state index contributed by atoms with van der Waals surface area (Å²) in [7, 11) is -3.69. The second kappa shape index (κ2) is 6.84. The summed E-state index contributed by atoms with van der Waals surface area (Å²) < 4.78 is 23.0. The topological polar surface area (TPSA) is 111 Å². The van der Waals surface area contributed by atoms with E-state index in [1.165, 1.54) is 28.5 Å². The molecule has 0 bridgehead atoms. The van der Waals surface area contributed by atoms with E-state index in [1.807, 2.05) is 6.92 Å². The van der Waals surface area contributed by atoms with Crippen molar-refractivity contribution in [1.29, 1.82) is 0 Å². The molecule has 1 aromatic carbocycles. The molecule has 0 saturated carbocycles. The van der Waals surface area contributed by atoms with E-state index in [0.717, 1.165) is 50.6 Å². The highest BCUT2D eigenvalue weighted by atomic mass is 32.3. The van der Waals surface area contributed by atoms with E-state index in [-0.39, 0.29) is 10.9 Å². The Balaban J connectivity index is 1.40. The molecule has 2 heterocycles. The predicted molar refractivity (Wildman–Crippen MR) is 112 cm³/mol. The number of hydrogen-bond acceptors (Lipinski definition) is 4. The number of aryl methyl sites for hydroxylation is 2. The third-order valence-electron chi connectivity index (χ3n) is 6.26. The lowest BCUT2D eigenvalue weighted by Crippen LogP contribution is -2.45. The van der Waals surface area contributed by atoms with E-state index in [9.17, 15) is 9.00 Å². The Morgan fingerprint density at radius 1 is 1.24 bits per heavy atom. The molecule has 0 saturated heterocycles. The quantitative estimate of drug-likeness (QED) is 0.574. The van der Waals surface area contributed by atoms with Gasteiger partial charge in [-0.3, -0.25) is 9.86 Å². The van der Waals surface area contributed by atoms with Crippen LogP contribution in [0.5, 0.6) is 5.88 Å². The van der Waals surface area contributed by atoms with Gasteiger partial charge in [0.05, 0.1) is 18.8 Å². The van der Waals surface area contributed by atoms with Crippen molar-refractivity contribution >= 4 is 22.0 Å². The summed E-state index contributed by atoms with van der Waals surface area (Å²) in [5.41, 5.74) is 5.97. The molecule has 0 unspecified atom stereocenters. The molecule has 2 amide bonds. The predicted octanol–water partition coefficient (Wildman–Crippen LogP) is 2.19. The SMILES string of the molecule is C[C@H]1CCOc2c([SH](N)(=O)NC(=O)Nc3c4c(cc5c3CCC5)CCC4)cnn21. The van der Waals surface area contributed by atoms with Crippen LogP contribution in [0.15, 0.2) is 17.2 Å². The van der Waals surface area contributed by atoms with Crippen molar-refractivity contribution in [2.75, 3.05) is 11.9 Å². The number of aromatic nitrogens is 2. The molecule has 1 aliphatic heterocycles. The van der Waals surface area contributed by atoms with E-state index >= 15 is 0 Å². The van der Waals surface area contributed by atoms with Crippen molar-refractivity contribution in [1.82, 2.24) is 14.5 Å². The lowest BCUT2D eigenvalue weighted by Gasteiger charge is -2.26. The Morgan fingerprint density at radius 3 is 2.62 bits per heavy atom. The van der Waals surface area contributed by atoms with Crippen LogP contribution in [0, 0.1) is 0 Å². The maximum Gasteiger partial charge on any atom is 0.330 e. The fraction of sp³-hybridized carbons (Fsp3) is 0.500. The second-order valence-corrected chi connectivity index (χ2v) is 10.2. The van der Waals surface area contributed by atoms with E-state index in [2.05, 4.69) is 21.2 Å². The van der Waals surface area contributed by atoms with Gasteiger partial charge in [-0.2, -0.15) is 5.10 Å². The molecule has 2 aromatic rings. The van der Waals surface area contributed by atoms with Crippen LogP contribution in [0.3, 0.4) is 0 Å². The van der Waals surface area contributed by atoms with Gasteiger partial charge in [0.25, 0.3) is 0 Å². The smallest absolute Gasteiger partial charge is 0.330 e. The number of rotatable bonds is 3. The Bertz CT molecular complexity index is 1010. The number of urea groups is 1. The first-order valence-electron chi connectivity index (χ1n) is 10.3. The van der Waals surface area contributed by atoms with Gasteiger partial charge in [-0.15, -0.1) is 0 Å². The summed E-state index contributed by atoms with van der Waals surface area (Å²) in [5.74, 6) is 0.386. The van der Waals surface area contributed by atoms with Gasteiger partial charge in [0, 0.05) is 22.4 Å². The zero-order valence-electron chi connectivity index (χ0n) is 16.5. The number of carbonyl (C=O) groups excluding carboxylic acids is 1. The van der Waals surface area contributed by atoms with Gasteiger partial charge in [-0.05, 0) is 67.7 Å². The minimum absolute atomic E-state index is 0.135. The van der Waals surface area contributed by atoms with Crippen molar-refractivity contribution in [2.45, 2.75) is 62.8 Å². The fourth-order valence-electron chi connectivity index (χ4n) is 4.79. The first-order chi connectivity index (χ1) is 13.9. The van der Waals surface area contributed by atoms with E-state index in [4.69, 9.17) is 9.88 Å². The highest BCUT2D eigenvalue weighted by Gasteiger charge is 2.30. The van der Waals surface area contributed by atoms with E-state index < -0.39 is 16.3 Å². The van der Waals surface area contributed by atoms with E-state index in [0.29, 0.717) is 12.5 Å². The molecule has 3 aliphatic rings. The summed E-state index contributed by atoms with van der Waals surface area (Å²) in [6, 6.07) is 1.89. The highest BCUT2D eigenvalue weighted by molar-refractivity contribution is 7.99. The largest absolute Gasteiger partial charge is 0.477 e. The van der Waals surface area contributed by atoms with Crippen LogP contribution in [0.1, 0.15) is 54.5 Å². The van der Waals surface area contributed by atoms with Crippen LogP contribution >= 0.6 is 0 Å². The Morgan fingerprint density at radius 2 is 1.93 bits per heavy atom.